The fourth-order valence-electron chi connectivity index (χ4n) is 8.20. The van der Waals surface area contributed by atoms with Gasteiger partial charge in [-0.05, 0) is 116 Å². The number of nitrogens with zero attached hydrogens (tertiary/aromatic N) is 4. The molecule has 4 nitrogen and oxygen atoms in total. The second-order valence-electron chi connectivity index (χ2n) is 15.4. The minimum Gasteiger partial charge on any atom is -0.347 e. The molecule has 0 saturated carbocycles. The van der Waals surface area contributed by atoms with Crippen LogP contribution in [-0.2, 0) is 5.41 Å². The summed E-state index contributed by atoms with van der Waals surface area (Å²) in [4.78, 5) is 12.4. The van der Waals surface area contributed by atoms with Gasteiger partial charge < -0.3 is 14.7 Å². The van der Waals surface area contributed by atoms with E-state index in [2.05, 4.69) is 185 Å². The highest BCUT2D eigenvalue weighted by atomic mass is 15.4. The van der Waals surface area contributed by atoms with E-state index in [1.165, 1.54) is 61.7 Å². The van der Waals surface area contributed by atoms with Gasteiger partial charge in [0.2, 0.25) is 0 Å². The maximum atomic E-state index is 5.00. The van der Waals surface area contributed by atoms with E-state index in [0.717, 1.165) is 12.5 Å². The minimum absolute atomic E-state index is 0.0205. The summed E-state index contributed by atoms with van der Waals surface area (Å²) in [5, 5.41) is 0. The molecule has 0 amide bonds. The van der Waals surface area contributed by atoms with Gasteiger partial charge in [-0.2, -0.15) is 0 Å². The van der Waals surface area contributed by atoms with Gasteiger partial charge in [-0.15, -0.1) is 0 Å². The molecule has 8 rings (SSSR count). The third-order valence-corrected chi connectivity index (χ3v) is 11.0. The number of pyridine rings is 1. The van der Waals surface area contributed by atoms with Crippen LogP contribution < -0.4 is 14.7 Å². The molecule has 0 spiro atoms. The number of anilines is 5. The summed E-state index contributed by atoms with van der Waals surface area (Å²) >= 11 is 0. The van der Waals surface area contributed by atoms with E-state index in [-0.39, 0.29) is 22.9 Å². The molecule has 0 radical (unpaired) electrons. The van der Waals surface area contributed by atoms with Crippen LogP contribution in [0.3, 0.4) is 0 Å². The Morgan fingerprint density at radius 1 is 0.673 bits per heavy atom. The molecule has 3 aliphatic rings. The molecule has 2 atom stereocenters. The average Bonchev–Trinajstić information content (AvgIpc) is 3.65. The molecule has 0 N–H and O–H groups in total. The normalized spacial score (nSPS) is 18.1. The summed E-state index contributed by atoms with van der Waals surface area (Å²) in [5.74, 6) is 1.27. The molecule has 2 aliphatic heterocycles. The molecule has 5 aromatic rings. The van der Waals surface area contributed by atoms with Gasteiger partial charge in [0, 0.05) is 34.4 Å². The van der Waals surface area contributed by atoms with Gasteiger partial charge in [-0.25, -0.2) is 4.98 Å². The van der Waals surface area contributed by atoms with E-state index >= 15 is 0 Å². The smallest absolute Gasteiger partial charge is 0.134 e. The van der Waals surface area contributed by atoms with Crippen molar-refractivity contribution in [3.8, 4) is 11.1 Å². The van der Waals surface area contributed by atoms with Crippen LogP contribution in [0.1, 0.15) is 68.4 Å². The molecular formula is C45H46N4. The topological polar surface area (TPSA) is 22.6 Å². The first-order chi connectivity index (χ1) is 23.5. The van der Waals surface area contributed by atoms with Gasteiger partial charge in [0.05, 0.1) is 24.1 Å². The van der Waals surface area contributed by atoms with Crippen LogP contribution in [-0.4, -0.2) is 23.2 Å². The van der Waals surface area contributed by atoms with Gasteiger partial charge in [0.15, 0.2) is 0 Å². The van der Waals surface area contributed by atoms with Crippen LogP contribution in [0.2, 0.25) is 0 Å². The van der Waals surface area contributed by atoms with Crippen LogP contribution in [0, 0.1) is 13.8 Å². The zero-order valence-corrected chi connectivity index (χ0v) is 29.8. The maximum absolute atomic E-state index is 5.00. The second kappa shape index (κ2) is 11.5. The fraction of sp³-hybridized carbons (Fsp3) is 0.267. The second-order valence-corrected chi connectivity index (χ2v) is 15.4. The highest BCUT2D eigenvalue weighted by molar-refractivity contribution is 5.83. The van der Waals surface area contributed by atoms with Crippen molar-refractivity contribution in [3.63, 3.8) is 0 Å². The van der Waals surface area contributed by atoms with Crippen LogP contribution in [0.15, 0.2) is 128 Å². The number of hydrogen-bond acceptors (Lipinski definition) is 4. The summed E-state index contributed by atoms with van der Waals surface area (Å²) in [5.41, 5.74) is 13.8. The SMILES string of the molecule is Cc1cccc(C)c1-c1ccnc(N2c3cc(C(C)(C)c4cccc(N5CN(C(C)(C)C)c6ccccc65)c4)ccc3C3C=CC=CC32)c1. The quantitative estimate of drug-likeness (QED) is 0.190. The predicted octanol–water partition coefficient (Wildman–Crippen LogP) is 11.1. The van der Waals surface area contributed by atoms with Crippen molar-refractivity contribution in [1.29, 1.82) is 0 Å². The van der Waals surface area contributed by atoms with E-state index in [4.69, 9.17) is 4.98 Å². The first-order valence-corrected chi connectivity index (χ1v) is 17.6. The Kier molecular flexibility index (Phi) is 7.33. The maximum Gasteiger partial charge on any atom is 0.134 e. The molecule has 49 heavy (non-hydrogen) atoms. The van der Waals surface area contributed by atoms with Crippen LogP contribution in [0.5, 0.6) is 0 Å². The minimum atomic E-state index is -0.230. The Hall–Kier alpha value is -5.09. The highest BCUT2D eigenvalue weighted by Crippen LogP contribution is 2.50. The lowest BCUT2D eigenvalue weighted by molar-refractivity contribution is 0.518. The monoisotopic (exact) mass is 642 g/mol. The van der Waals surface area contributed by atoms with Crippen molar-refractivity contribution in [3.05, 3.63) is 155 Å². The lowest BCUT2D eigenvalue weighted by Crippen LogP contribution is -2.42. The zero-order valence-electron chi connectivity index (χ0n) is 29.8. The van der Waals surface area contributed by atoms with Crippen molar-refractivity contribution in [2.24, 2.45) is 0 Å². The largest absolute Gasteiger partial charge is 0.347 e. The Labute approximate surface area is 292 Å². The average molecular weight is 643 g/mol. The summed E-state index contributed by atoms with van der Waals surface area (Å²) in [6.45, 7) is 16.8. The van der Waals surface area contributed by atoms with Gasteiger partial charge in [0.25, 0.3) is 0 Å². The molecule has 0 fully saturated rings. The van der Waals surface area contributed by atoms with E-state index in [9.17, 15) is 0 Å². The van der Waals surface area contributed by atoms with Crippen molar-refractivity contribution in [1.82, 2.24) is 4.98 Å². The number of hydrogen-bond donors (Lipinski definition) is 0. The number of rotatable bonds is 5. The number of benzene rings is 4. The molecule has 0 saturated heterocycles. The van der Waals surface area contributed by atoms with E-state index in [1.807, 2.05) is 6.20 Å². The highest BCUT2D eigenvalue weighted by Gasteiger charge is 2.40. The summed E-state index contributed by atoms with van der Waals surface area (Å²) in [6.07, 6.45) is 11.0. The molecule has 1 aliphatic carbocycles. The molecule has 0 bridgehead atoms. The first-order valence-electron chi connectivity index (χ1n) is 17.6. The molecule has 2 unspecified atom stereocenters. The van der Waals surface area contributed by atoms with E-state index < -0.39 is 0 Å². The lowest BCUT2D eigenvalue weighted by Gasteiger charge is -2.34. The van der Waals surface area contributed by atoms with Crippen LogP contribution in [0.4, 0.5) is 28.6 Å². The molecular weight excluding hydrogens is 597 g/mol. The molecule has 1 aromatic heterocycles. The molecule has 4 aromatic carbocycles. The Morgan fingerprint density at radius 2 is 1.39 bits per heavy atom. The van der Waals surface area contributed by atoms with Crippen LogP contribution >= 0.6 is 0 Å². The number of aryl methyl sites for hydroxylation is 2. The third-order valence-electron chi connectivity index (χ3n) is 11.0. The Balaban J connectivity index is 1.19. The number of allylic oxidation sites excluding steroid dienone is 2. The summed E-state index contributed by atoms with van der Waals surface area (Å²) < 4.78 is 0. The third kappa shape index (κ3) is 5.17. The lowest BCUT2D eigenvalue weighted by atomic mass is 9.77. The van der Waals surface area contributed by atoms with Gasteiger partial charge in [0.1, 0.15) is 5.82 Å². The first kappa shape index (κ1) is 31.2. The number of aromatic nitrogens is 1. The Morgan fingerprint density at radius 3 is 2.16 bits per heavy atom. The fourth-order valence-corrected chi connectivity index (χ4v) is 8.20. The number of fused-ring (bicyclic) bond motifs is 4. The predicted molar refractivity (Wildman–Crippen MR) is 207 cm³/mol. The molecule has 246 valence electrons. The zero-order chi connectivity index (χ0) is 34.1. The van der Waals surface area contributed by atoms with Crippen LogP contribution in [0.25, 0.3) is 11.1 Å². The van der Waals surface area contributed by atoms with Gasteiger partial charge >= 0.3 is 0 Å². The Bertz CT molecular complexity index is 2110. The van der Waals surface area contributed by atoms with Gasteiger partial charge in [-0.3, -0.25) is 0 Å². The van der Waals surface area contributed by atoms with E-state index in [0.29, 0.717) is 0 Å². The number of para-hydroxylation sites is 2. The van der Waals surface area contributed by atoms with Gasteiger partial charge in [-0.1, -0.05) is 92.7 Å². The summed E-state index contributed by atoms with van der Waals surface area (Å²) in [7, 11) is 0. The summed E-state index contributed by atoms with van der Waals surface area (Å²) in [6, 6.07) is 36.3. The molecule has 3 heterocycles. The van der Waals surface area contributed by atoms with Crippen molar-refractivity contribution >= 4 is 28.6 Å². The molecule has 4 heteroatoms. The van der Waals surface area contributed by atoms with E-state index in [1.54, 1.807) is 0 Å². The van der Waals surface area contributed by atoms with Crippen molar-refractivity contribution in [2.45, 2.75) is 71.4 Å². The standard InChI is InChI=1S/C45H46N4/c1-30-14-12-15-31(2)43(30)32-24-25-46-42(26-32)49-38-19-9-8-18-36(38)37-23-22-34(28-41(37)49)45(6,7)33-16-13-17-35(27-33)47-29-48(44(3,4)5)40-21-11-10-20-39(40)47/h8-28,36,38H,29H2,1-7H3. The van der Waals surface area contributed by atoms with Crippen molar-refractivity contribution in [2.75, 3.05) is 21.4 Å². The van der Waals surface area contributed by atoms with Crippen molar-refractivity contribution < 1.29 is 0 Å².